The van der Waals surface area contributed by atoms with E-state index in [0.29, 0.717) is 12.5 Å². The molecule has 0 bridgehead atoms. The second-order valence-electron chi connectivity index (χ2n) is 2.97. The molecule has 2 nitrogen and oxygen atoms in total. The first-order chi connectivity index (χ1) is 7.36. The van der Waals surface area contributed by atoms with Gasteiger partial charge in [0.2, 0.25) is 5.88 Å². The van der Waals surface area contributed by atoms with Crippen LogP contribution >= 0.6 is 27.3 Å². The Labute approximate surface area is 101 Å². The van der Waals surface area contributed by atoms with E-state index in [1.54, 1.807) is 17.5 Å². The molecular weight excluding hydrogens is 274 g/mol. The molecule has 0 aliphatic heterocycles. The highest BCUT2D eigenvalue weighted by atomic mass is 79.9. The van der Waals surface area contributed by atoms with Crippen LogP contribution in [0.2, 0.25) is 0 Å². The third-order valence-corrected chi connectivity index (χ3v) is 3.43. The molecule has 15 heavy (non-hydrogen) atoms. The van der Waals surface area contributed by atoms with Gasteiger partial charge < -0.3 is 4.74 Å². The van der Waals surface area contributed by atoms with Crippen molar-refractivity contribution < 1.29 is 4.74 Å². The first-order valence-corrected chi connectivity index (χ1v) is 6.29. The molecule has 0 saturated carbocycles. The Kier molecular flexibility index (Phi) is 3.75. The molecule has 0 amide bonds. The predicted molar refractivity (Wildman–Crippen MR) is 65.5 cm³/mol. The summed E-state index contributed by atoms with van der Waals surface area (Å²) in [6.07, 6.45) is 2.66. The average Bonchev–Trinajstić information content (AvgIpc) is 2.74. The van der Waals surface area contributed by atoms with Crippen LogP contribution in [0.3, 0.4) is 0 Å². The van der Waals surface area contributed by atoms with Gasteiger partial charge in [0.15, 0.2) is 0 Å². The zero-order valence-electron chi connectivity index (χ0n) is 8.02. The molecule has 2 aromatic heterocycles. The minimum absolute atomic E-state index is 0.661. The smallest absolute Gasteiger partial charge is 0.227 e. The molecular formula is C11H10BrNOS. The normalized spacial score (nSPS) is 10.2. The van der Waals surface area contributed by atoms with Crippen molar-refractivity contribution in [2.75, 3.05) is 6.61 Å². The fraction of sp³-hybridized carbons (Fsp3) is 0.182. The van der Waals surface area contributed by atoms with E-state index < -0.39 is 0 Å². The van der Waals surface area contributed by atoms with Gasteiger partial charge in [-0.05, 0) is 39.5 Å². The second kappa shape index (κ2) is 5.28. The highest BCUT2D eigenvalue weighted by molar-refractivity contribution is 9.10. The van der Waals surface area contributed by atoms with Crippen LogP contribution < -0.4 is 4.74 Å². The van der Waals surface area contributed by atoms with Crippen LogP contribution in [0.15, 0.2) is 40.3 Å². The van der Waals surface area contributed by atoms with Gasteiger partial charge in [-0.3, -0.25) is 0 Å². The van der Waals surface area contributed by atoms with E-state index >= 15 is 0 Å². The molecule has 0 saturated heterocycles. The van der Waals surface area contributed by atoms with Gasteiger partial charge >= 0.3 is 0 Å². The molecule has 2 aromatic rings. The average molecular weight is 284 g/mol. The second-order valence-corrected chi connectivity index (χ2v) is 4.85. The number of hydrogen-bond acceptors (Lipinski definition) is 3. The Morgan fingerprint density at radius 2 is 2.27 bits per heavy atom. The van der Waals surface area contributed by atoms with Crippen molar-refractivity contribution in [3.63, 3.8) is 0 Å². The molecule has 0 N–H and O–H groups in total. The molecule has 0 fully saturated rings. The molecule has 0 aliphatic rings. The summed E-state index contributed by atoms with van der Waals surface area (Å²) in [6, 6.07) is 7.96. The van der Waals surface area contributed by atoms with E-state index in [9.17, 15) is 0 Å². The number of aromatic nitrogens is 1. The minimum Gasteiger partial charge on any atom is -0.476 e. The number of rotatable bonds is 4. The maximum atomic E-state index is 5.56. The lowest BCUT2D eigenvalue weighted by Gasteiger charge is -2.05. The largest absolute Gasteiger partial charge is 0.476 e. The van der Waals surface area contributed by atoms with Gasteiger partial charge in [-0.25, -0.2) is 4.98 Å². The van der Waals surface area contributed by atoms with Crippen molar-refractivity contribution in [2.24, 2.45) is 0 Å². The van der Waals surface area contributed by atoms with Gasteiger partial charge in [-0.15, -0.1) is 11.3 Å². The standard InChI is InChI=1S/C11H10BrNOS/c12-10-4-1-6-13-11(10)14-7-5-9-3-2-8-15-9/h1-4,6,8H,5,7H2. The predicted octanol–water partition coefficient (Wildman–Crippen LogP) is 3.53. The summed E-state index contributed by atoms with van der Waals surface area (Å²) in [4.78, 5) is 5.47. The zero-order chi connectivity index (χ0) is 10.5. The van der Waals surface area contributed by atoms with Crippen molar-refractivity contribution in [1.29, 1.82) is 0 Å². The lowest BCUT2D eigenvalue weighted by atomic mass is 10.4. The summed E-state index contributed by atoms with van der Waals surface area (Å²) < 4.78 is 6.46. The quantitative estimate of drug-likeness (QED) is 0.857. The summed E-state index contributed by atoms with van der Waals surface area (Å²) >= 11 is 5.14. The van der Waals surface area contributed by atoms with E-state index in [0.717, 1.165) is 10.9 Å². The first-order valence-electron chi connectivity index (χ1n) is 4.62. The van der Waals surface area contributed by atoms with Crippen molar-refractivity contribution >= 4 is 27.3 Å². The van der Waals surface area contributed by atoms with Crippen LogP contribution in [0, 0.1) is 0 Å². The number of nitrogens with zero attached hydrogens (tertiary/aromatic N) is 1. The van der Waals surface area contributed by atoms with Crippen LogP contribution in [-0.2, 0) is 6.42 Å². The molecule has 0 radical (unpaired) electrons. The third kappa shape index (κ3) is 3.04. The number of halogens is 1. The number of thiophene rings is 1. The molecule has 2 rings (SSSR count). The SMILES string of the molecule is Brc1cccnc1OCCc1cccs1. The highest BCUT2D eigenvalue weighted by Gasteiger charge is 2.01. The lowest BCUT2D eigenvalue weighted by molar-refractivity contribution is 0.308. The number of hydrogen-bond donors (Lipinski definition) is 0. The Morgan fingerprint density at radius 3 is 3.00 bits per heavy atom. The maximum absolute atomic E-state index is 5.56. The molecule has 0 unspecified atom stereocenters. The summed E-state index contributed by atoms with van der Waals surface area (Å²) in [6.45, 7) is 0.663. The number of pyridine rings is 1. The van der Waals surface area contributed by atoms with E-state index in [1.165, 1.54) is 4.88 Å². The van der Waals surface area contributed by atoms with Crippen LogP contribution in [0.25, 0.3) is 0 Å². The summed E-state index contributed by atoms with van der Waals surface area (Å²) in [7, 11) is 0. The monoisotopic (exact) mass is 283 g/mol. The summed E-state index contributed by atoms with van der Waals surface area (Å²) in [5.41, 5.74) is 0. The van der Waals surface area contributed by atoms with Gasteiger partial charge in [0, 0.05) is 17.5 Å². The lowest BCUT2D eigenvalue weighted by Crippen LogP contribution is -2.01. The first kappa shape index (κ1) is 10.6. The van der Waals surface area contributed by atoms with Crippen LogP contribution in [0.1, 0.15) is 4.88 Å². The Hall–Kier alpha value is -0.870. The van der Waals surface area contributed by atoms with E-state index in [4.69, 9.17) is 4.74 Å². The van der Waals surface area contributed by atoms with Gasteiger partial charge in [-0.1, -0.05) is 6.07 Å². The van der Waals surface area contributed by atoms with Crippen LogP contribution in [-0.4, -0.2) is 11.6 Å². The summed E-state index contributed by atoms with van der Waals surface area (Å²) in [5.74, 6) is 0.661. The Balaban J connectivity index is 1.86. The molecule has 0 spiro atoms. The topological polar surface area (TPSA) is 22.1 Å². The number of ether oxygens (including phenoxy) is 1. The zero-order valence-corrected chi connectivity index (χ0v) is 10.4. The molecule has 0 atom stereocenters. The van der Waals surface area contributed by atoms with Crippen LogP contribution in [0.4, 0.5) is 0 Å². The molecule has 78 valence electrons. The maximum Gasteiger partial charge on any atom is 0.227 e. The van der Waals surface area contributed by atoms with E-state index in [-0.39, 0.29) is 0 Å². The van der Waals surface area contributed by atoms with Crippen molar-refractivity contribution in [2.45, 2.75) is 6.42 Å². The highest BCUT2D eigenvalue weighted by Crippen LogP contribution is 2.21. The van der Waals surface area contributed by atoms with Gasteiger partial charge in [-0.2, -0.15) is 0 Å². The molecule has 0 aromatic carbocycles. The van der Waals surface area contributed by atoms with Crippen molar-refractivity contribution in [3.8, 4) is 5.88 Å². The third-order valence-electron chi connectivity index (χ3n) is 1.89. The van der Waals surface area contributed by atoms with E-state index in [2.05, 4.69) is 38.4 Å². The Bertz CT molecular complexity index is 416. The minimum atomic E-state index is 0.661. The Morgan fingerprint density at radius 1 is 1.33 bits per heavy atom. The van der Waals surface area contributed by atoms with Crippen LogP contribution in [0.5, 0.6) is 5.88 Å². The van der Waals surface area contributed by atoms with Crippen molar-refractivity contribution in [3.05, 3.63) is 45.2 Å². The fourth-order valence-corrected chi connectivity index (χ4v) is 2.24. The van der Waals surface area contributed by atoms with Gasteiger partial charge in [0.25, 0.3) is 0 Å². The van der Waals surface area contributed by atoms with E-state index in [1.807, 2.05) is 12.1 Å². The molecule has 4 heteroatoms. The van der Waals surface area contributed by atoms with Gasteiger partial charge in [0.05, 0.1) is 11.1 Å². The van der Waals surface area contributed by atoms with Crippen molar-refractivity contribution in [1.82, 2.24) is 4.98 Å². The fourth-order valence-electron chi connectivity index (χ4n) is 1.18. The summed E-state index contributed by atoms with van der Waals surface area (Å²) in [5, 5.41) is 2.08. The molecule has 0 aliphatic carbocycles. The molecule has 2 heterocycles. The van der Waals surface area contributed by atoms with Gasteiger partial charge in [0.1, 0.15) is 0 Å².